The van der Waals surface area contributed by atoms with Crippen LogP contribution in [0, 0.1) is 0 Å². The molecule has 0 aromatic heterocycles. The highest BCUT2D eigenvalue weighted by Gasteiger charge is 2.19. The second-order valence-electron chi connectivity index (χ2n) is 8.22. The summed E-state index contributed by atoms with van der Waals surface area (Å²) in [6.07, 6.45) is 10.2. The first-order valence-electron chi connectivity index (χ1n) is 10.9. The maximum absolute atomic E-state index is 5.88. The van der Waals surface area contributed by atoms with Crippen molar-refractivity contribution in [3.8, 4) is 11.5 Å². The lowest BCUT2D eigenvalue weighted by Gasteiger charge is -2.31. The van der Waals surface area contributed by atoms with Crippen molar-refractivity contribution in [1.82, 2.24) is 15.1 Å². The highest BCUT2D eigenvalue weighted by Crippen LogP contribution is 2.31. The molecule has 0 atom stereocenters. The Morgan fingerprint density at radius 1 is 1.03 bits per heavy atom. The number of nitrogens with zero attached hydrogens (tertiary/aromatic N) is 2. The first kappa shape index (κ1) is 23.7. The molecule has 1 aromatic carbocycles. The highest BCUT2D eigenvalue weighted by molar-refractivity contribution is 7.80. The molecule has 0 unspecified atom stereocenters. The van der Waals surface area contributed by atoms with E-state index in [4.69, 9.17) is 21.7 Å². The molecule has 0 heterocycles. The summed E-state index contributed by atoms with van der Waals surface area (Å²) in [6, 6.07) is 6.54. The monoisotopic (exact) mass is 421 g/mol. The molecule has 0 radical (unpaired) electrons. The van der Waals surface area contributed by atoms with Gasteiger partial charge in [0.15, 0.2) is 16.6 Å². The Balaban J connectivity index is 2.10. The molecule has 29 heavy (non-hydrogen) atoms. The summed E-state index contributed by atoms with van der Waals surface area (Å²) in [5, 5.41) is 4.54. The van der Waals surface area contributed by atoms with Crippen LogP contribution < -0.4 is 14.8 Å². The van der Waals surface area contributed by atoms with Crippen LogP contribution in [0.4, 0.5) is 0 Å². The van der Waals surface area contributed by atoms with Gasteiger partial charge in [-0.05, 0) is 58.2 Å². The Labute approximate surface area is 182 Å². The maximum atomic E-state index is 5.88. The molecule has 1 N–H and O–H groups in total. The summed E-state index contributed by atoms with van der Waals surface area (Å²) < 4.78 is 11.1. The van der Waals surface area contributed by atoms with Crippen LogP contribution in [0.1, 0.15) is 56.9 Å². The fraction of sp³-hybridized carbons (Fsp3) is 0.696. The molecule has 164 valence electrons. The number of methoxy groups -OCH3 is 2. The van der Waals surface area contributed by atoms with Gasteiger partial charge in [-0.15, -0.1) is 0 Å². The number of ether oxygens (including phenoxy) is 2. The predicted molar refractivity (Wildman–Crippen MR) is 125 cm³/mol. The molecule has 0 saturated heterocycles. The van der Waals surface area contributed by atoms with Crippen LogP contribution in [-0.2, 0) is 6.54 Å². The van der Waals surface area contributed by atoms with Crippen LogP contribution in [0.5, 0.6) is 11.5 Å². The van der Waals surface area contributed by atoms with Crippen molar-refractivity contribution < 1.29 is 9.47 Å². The van der Waals surface area contributed by atoms with E-state index in [0.717, 1.165) is 41.7 Å². The van der Waals surface area contributed by atoms with E-state index in [1.165, 1.54) is 44.9 Å². The molecule has 1 aliphatic rings. The van der Waals surface area contributed by atoms with E-state index in [2.05, 4.69) is 35.3 Å². The molecule has 1 aromatic rings. The molecular weight excluding hydrogens is 382 g/mol. The summed E-state index contributed by atoms with van der Waals surface area (Å²) in [4.78, 5) is 4.50. The SMILES string of the molecule is COc1cccc(CN(CCCN(C)C)C(=S)NC2CCCCCCC2)c1OC. The van der Waals surface area contributed by atoms with E-state index < -0.39 is 0 Å². The summed E-state index contributed by atoms with van der Waals surface area (Å²) in [7, 11) is 7.60. The van der Waals surface area contributed by atoms with Crippen molar-refractivity contribution in [3.05, 3.63) is 23.8 Å². The lowest BCUT2D eigenvalue weighted by atomic mass is 9.97. The molecule has 1 fully saturated rings. The lowest BCUT2D eigenvalue weighted by molar-refractivity contribution is 0.321. The zero-order valence-corrected chi connectivity index (χ0v) is 19.5. The first-order chi connectivity index (χ1) is 14.0. The summed E-state index contributed by atoms with van der Waals surface area (Å²) >= 11 is 5.88. The molecule has 2 rings (SSSR count). The largest absolute Gasteiger partial charge is 0.493 e. The second-order valence-corrected chi connectivity index (χ2v) is 8.61. The molecule has 0 bridgehead atoms. The predicted octanol–water partition coefficient (Wildman–Crippen LogP) is 4.44. The van der Waals surface area contributed by atoms with E-state index in [9.17, 15) is 0 Å². The number of thiocarbonyl (C=S) groups is 1. The van der Waals surface area contributed by atoms with E-state index in [1.807, 2.05) is 12.1 Å². The van der Waals surface area contributed by atoms with Crippen LogP contribution in [0.2, 0.25) is 0 Å². The summed E-state index contributed by atoms with van der Waals surface area (Å²) in [5.41, 5.74) is 1.10. The maximum Gasteiger partial charge on any atom is 0.169 e. The quantitative estimate of drug-likeness (QED) is 0.594. The third-order valence-electron chi connectivity index (χ3n) is 5.60. The van der Waals surface area contributed by atoms with Gasteiger partial charge >= 0.3 is 0 Å². The Bertz CT molecular complexity index is 616. The van der Waals surface area contributed by atoms with Gasteiger partial charge in [0.05, 0.1) is 14.2 Å². The van der Waals surface area contributed by atoms with Gasteiger partial charge in [0.1, 0.15) is 0 Å². The fourth-order valence-electron chi connectivity index (χ4n) is 3.98. The average Bonchev–Trinajstić information content (AvgIpc) is 2.68. The fourth-order valence-corrected chi connectivity index (χ4v) is 4.30. The van der Waals surface area contributed by atoms with Gasteiger partial charge in [0.25, 0.3) is 0 Å². The first-order valence-corrected chi connectivity index (χ1v) is 11.4. The zero-order valence-electron chi connectivity index (χ0n) is 18.7. The molecule has 0 amide bonds. The van der Waals surface area contributed by atoms with E-state index in [1.54, 1.807) is 14.2 Å². The average molecular weight is 422 g/mol. The smallest absolute Gasteiger partial charge is 0.169 e. The number of hydrogen-bond acceptors (Lipinski definition) is 4. The number of para-hydroxylation sites is 1. The van der Waals surface area contributed by atoms with Gasteiger partial charge in [-0.2, -0.15) is 0 Å². The molecule has 0 spiro atoms. The molecule has 5 nitrogen and oxygen atoms in total. The van der Waals surface area contributed by atoms with E-state index >= 15 is 0 Å². The van der Waals surface area contributed by atoms with Crippen molar-refractivity contribution in [2.75, 3.05) is 41.4 Å². The third kappa shape index (κ3) is 8.01. The Hall–Kier alpha value is -1.53. The molecule has 0 aliphatic heterocycles. The van der Waals surface area contributed by atoms with Crippen LogP contribution >= 0.6 is 12.2 Å². The van der Waals surface area contributed by atoms with Crippen molar-refractivity contribution in [2.45, 2.75) is 64.0 Å². The van der Waals surface area contributed by atoms with Crippen molar-refractivity contribution in [2.24, 2.45) is 0 Å². The Kier molecular flexibility index (Phi) is 10.6. The highest BCUT2D eigenvalue weighted by atomic mass is 32.1. The van der Waals surface area contributed by atoms with Crippen LogP contribution in [0.25, 0.3) is 0 Å². The van der Waals surface area contributed by atoms with Crippen LogP contribution in [-0.4, -0.2) is 62.4 Å². The minimum Gasteiger partial charge on any atom is -0.493 e. The van der Waals surface area contributed by atoms with E-state index in [-0.39, 0.29) is 0 Å². The molecule has 1 aliphatic carbocycles. The minimum atomic E-state index is 0.492. The van der Waals surface area contributed by atoms with Gasteiger partial charge in [-0.1, -0.05) is 44.2 Å². The molecule has 1 saturated carbocycles. The summed E-state index contributed by atoms with van der Waals surface area (Å²) in [5.74, 6) is 1.55. The Morgan fingerprint density at radius 3 is 2.34 bits per heavy atom. The van der Waals surface area contributed by atoms with Crippen molar-refractivity contribution >= 4 is 17.3 Å². The van der Waals surface area contributed by atoms with Crippen LogP contribution in [0.15, 0.2) is 18.2 Å². The number of hydrogen-bond donors (Lipinski definition) is 1. The van der Waals surface area contributed by atoms with Gasteiger partial charge in [0.2, 0.25) is 0 Å². The standard InChI is InChI=1S/C23H39N3O2S/c1-25(2)16-11-17-26(18-19-12-10-15-21(27-3)22(19)28-4)23(29)24-20-13-8-6-5-7-9-14-20/h10,12,15,20H,5-9,11,13-14,16-18H2,1-4H3,(H,24,29). The number of benzene rings is 1. The number of nitrogens with one attached hydrogen (secondary N) is 1. The van der Waals surface area contributed by atoms with Gasteiger partial charge < -0.3 is 24.6 Å². The normalized spacial score (nSPS) is 15.5. The van der Waals surface area contributed by atoms with Gasteiger partial charge in [-0.25, -0.2) is 0 Å². The zero-order chi connectivity index (χ0) is 21.1. The van der Waals surface area contributed by atoms with Crippen molar-refractivity contribution in [1.29, 1.82) is 0 Å². The van der Waals surface area contributed by atoms with Gasteiger partial charge in [-0.3, -0.25) is 0 Å². The molecular formula is C23H39N3O2S. The minimum absolute atomic E-state index is 0.492. The van der Waals surface area contributed by atoms with Gasteiger partial charge in [0, 0.05) is 24.7 Å². The molecule has 6 heteroatoms. The van der Waals surface area contributed by atoms with Crippen molar-refractivity contribution in [3.63, 3.8) is 0 Å². The number of rotatable bonds is 9. The third-order valence-corrected chi connectivity index (χ3v) is 5.98. The van der Waals surface area contributed by atoms with Crippen LogP contribution in [0.3, 0.4) is 0 Å². The summed E-state index contributed by atoms with van der Waals surface area (Å²) in [6.45, 7) is 2.67. The topological polar surface area (TPSA) is 37.0 Å². The van der Waals surface area contributed by atoms with E-state index in [0.29, 0.717) is 12.6 Å². The lowest BCUT2D eigenvalue weighted by Crippen LogP contribution is -2.45. The second kappa shape index (κ2) is 12.9. The Morgan fingerprint density at radius 2 is 1.72 bits per heavy atom.